The molecule has 1 rings (SSSR count). The quantitative estimate of drug-likeness (QED) is 0.523. The Morgan fingerprint density at radius 3 is 2.71 bits per heavy atom. The summed E-state index contributed by atoms with van der Waals surface area (Å²) >= 11 is 5.47. The van der Waals surface area contributed by atoms with E-state index in [4.69, 9.17) is 0 Å². The van der Waals surface area contributed by atoms with Crippen LogP contribution in [0.4, 0.5) is 0 Å². The maximum Gasteiger partial charge on any atom is 0.0311 e. The van der Waals surface area contributed by atoms with Gasteiger partial charge in [-0.3, -0.25) is 0 Å². The molecule has 1 aromatic carbocycles. The fourth-order valence-corrected chi connectivity index (χ4v) is 3.07. The third kappa shape index (κ3) is 7.12. The Morgan fingerprint density at radius 2 is 1.94 bits per heavy atom. The normalized spacial score (nSPS) is 10.7. The second kappa shape index (κ2) is 9.98. The third-order valence-electron chi connectivity index (χ3n) is 2.58. The van der Waals surface area contributed by atoms with E-state index in [1.54, 1.807) is 0 Å². The molecule has 0 heterocycles. The van der Waals surface area contributed by atoms with Gasteiger partial charge in [-0.05, 0) is 41.0 Å². The van der Waals surface area contributed by atoms with Crippen molar-refractivity contribution in [3.63, 3.8) is 0 Å². The lowest BCUT2D eigenvalue weighted by Gasteiger charge is -2.05. The lowest BCUT2D eigenvalue weighted by atomic mass is 10.2. The molecule has 0 bridgehead atoms. The van der Waals surface area contributed by atoms with Crippen LogP contribution in [0.25, 0.3) is 0 Å². The first kappa shape index (κ1) is 15.1. The highest BCUT2D eigenvalue weighted by Gasteiger charge is 1.98. The number of hydrogen-bond donors (Lipinski definition) is 1. The molecule has 0 aromatic heterocycles. The molecule has 0 unspecified atom stereocenters. The van der Waals surface area contributed by atoms with Crippen LogP contribution < -0.4 is 5.32 Å². The largest absolute Gasteiger partial charge is 0.316 e. The SMILES string of the molecule is CCCCCCNCCSc1ccccc1Br. The Bertz CT molecular complexity index is 304. The van der Waals surface area contributed by atoms with Gasteiger partial charge in [0.2, 0.25) is 0 Å². The molecule has 17 heavy (non-hydrogen) atoms. The van der Waals surface area contributed by atoms with E-state index >= 15 is 0 Å². The van der Waals surface area contributed by atoms with Gasteiger partial charge in [-0.25, -0.2) is 0 Å². The van der Waals surface area contributed by atoms with Crippen molar-refractivity contribution in [1.82, 2.24) is 5.32 Å². The molecule has 0 spiro atoms. The lowest BCUT2D eigenvalue weighted by molar-refractivity contribution is 0.613. The minimum Gasteiger partial charge on any atom is -0.316 e. The van der Waals surface area contributed by atoms with Crippen molar-refractivity contribution in [2.24, 2.45) is 0 Å². The van der Waals surface area contributed by atoms with Crippen molar-refractivity contribution < 1.29 is 0 Å². The Labute approximate surface area is 118 Å². The van der Waals surface area contributed by atoms with E-state index in [-0.39, 0.29) is 0 Å². The molecule has 0 aliphatic carbocycles. The van der Waals surface area contributed by atoms with Crippen LogP contribution in [0.15, 0.2) is 33.6 Å². The number of nitrogens with one attached hydrogen (secondary N) is 1. The van der Waals surface area contributed by atoms with Crippen LogP contribution >= 0.6 is 27.7 Å². The maximum absolute atomic E-state index is 3.57. The highest BCUT2D eigenvalue weighted by Crippen LogP contribution is 2.26. The van der Waals surface area contributed by atoms with Crippen molar-refractivity contribution in [2.45, 2.75) is 37.5 Å². The number of halogens is 1. The first-order valence-corrected chi connectivity index (χ1v) is 8.20. The zero-order chi connectivity index (χ0) is 12.3. The number of rotatable bonds is 9. The van der Waals surface area contributed by atoms with Gasteiger partial charge in [0.1, 0.15) is 0 Å². The van der Waals surface area contributed by atoms with Gasteiger partial charge in [0, 0.05) is 21.7 Å². The average molecular weight is 316 g/mol. The molecule has 0 amide bonds. The molecule has 0 fully saturated rings. The molecule has 0 saturated carbocycles. The Kier molecular flexibility index (Phi) is 8.85. The number of benzene rings is 1. The lowest BCUT2D eigenvalue weighted by Crippen LogP contribution is -2.18. The van der Waals surface area contributed by atoms with Crippen LogP contribution in [-0.4, -0.2) is 18.8 Å². The van der Waals surface area contributed by atoms with Crippen LogP contribution in [0.3, 0.4) is 0 Å². The highest BCUT2D eigenvalue weighted by atomic mass is 79.9. The molecule has 3 heteroatoms. The van der Waals surface area contributed by atoms with E-state index in [0.717, 1.165) is 18.8 Å². The minimum atomic E-state index is 1.10. The molecular weight excluding hydrogens is 294 g/mol. The summed E-state index contributed by atoms with van der Waals surface area (Å²) < 4.78 is 1.20. The van der Waals surface area contributed by atoms with Crippen LogP contribution in [0.5, 0.6) is 0 Å². The van der Waals surface area contributed by atoms with Gasteiger partial charge >= 0.3 is 0 Å². The van der Waals surface area contributed by atoms with E-state index in [2.05, 4.69) is 52.4 Å². The standard InChI is InChI=1S/C14H22BrNS/c1-2-3-4-7-10-16-11-12-17-14-9-6-5-8-13(14)15/h5-6,8-9,16H,2-4,7,10-12H2,1H3. The van der Waals surface area contributed by atoms with Gasteiger partial charge in [0.05, 0.1) is 0 Å². The smallest absolute Gasteiger partial charge is 0.0311 e. The summed E-state index contributed by atoms with van der Waals surface area (Å²) in [5.41, 5.74) is 0. The summed E-state index contributed by atoms with van der Waals surface area (Å²) in [5.74, 6) is 1.14. The molecule has 96 valence electrons. The minimum absolute atomic E-state index is 1.10. The second-order valence-corrected chi connectivity index (χ2v) is 6.08. The van der Waals surface area contributed by atoms with E-state index in [9.17, 15) is 0 Å². The van der Waals surface area contributed by atoms with Crippen molar-refractivity contribution in [1.29, 1.82) is 0 Å². The summed E-state index contributed by atoms with van der Waals surface area (Å²) in [5, 5.41) is 3.50. The number of hydrogen-bond acceptors (Lipinski definition) is 2. The second-order valence-electron chi connectivity index (χ2n) is 4.09. The molecule has 0 saturated heterocycles. The molecule has 0 aliphatic heterocycles. The molecule has 0 radical (unpaired) electrons. The predicted molar refractivity (Wildman–Crippen MR) is 81.9 cm³/mol. The highest BCUT2D eigenvalue weighted by molar-refractivity contribution is 9.10. The van der Waals surface area contributed by atoms with Crippen molar-refractivity contribution in [2.75, 3.05) is 18.8 Å². The van der Waals surface area contributed by atoms with E-state index < -0.39 is 0 Å². The Morgan fingerprint density at radius 1 is 1.12 bits per heavy atom. The summed E-state index contributed by atoms with van der Waals surface area (Å²) in [4.78, 5) is 1.33. The summed E-state index contributed by atoms with van der Waals surface area (Å²) in [7, 11) is 0. The Hall–Kier alpha value is 0.01000. The van der Waals surface area contributed by atoms with Gasteiger partial charge in [-0.2, -0.15) is 0 Å². The summed E-state index contributed by atoms with van der Waals surface area (Å²) in [6, 6.07) is 8.40. The van der Waals surface area contributed by atoms with Crippen LogP contribution in [0.1, 0.15) is 32.6 Å². The van der Waals surface area contributed by atoms with Crippen molar-refractivity contribution >= 4 is 27.7 Å². The predicted octanol–water partition coefficient (Wildman–Crippen LogP) is 4.71. The van der Waals surface area contributed by atoms with E-state index in [0.29, 0.717) is 0 Å². The molecule has 0 aliphatic rings. The third-order valence-corrected chi connectivity index (χ3v) is 4.61. The average Bonchev–Trinajstić information content (AvgIpc) is 2.35. The Balaban J connectivity index is 1.99. The molecular formula is C14H22BrNS. The van der Waals surface area contributed by atoms with Gasteiger partial charge in [-0.15, -0.1) is 11.8 Å². The van der Waals surface area contributed by atoms with Gasteiger partial charge in [-0.1, -0.05) is 38.3 Å². The maximum atomic E-state index is 3.57. The summed E-state index contributed by atoms with van der Waals surface area (Å²) in [6.45, 7) is 4.51. The first-order chi connectivity index (χ1) is 8.34. The van der Waals surface area contributed by atoms with Crippen molar-refractivity contribution in [3.05, 3.63) is 28.7 Å². The van der Waals surface area contributed by atoms with E-state index in [1.165, 1.54) is 35.1 Å². The first-order valence-electron chi connectivity index (χ1n) is 6.42. The fourth-order valence-electron chi connectivity index (χ4n) is 1.60. The topological polar surface area (TPSA) is 12.0 Å². The van der Waals surface area contributed by atoms with Crippen LogP contribution in [-0.2, 0) is 0 Å². The molecule has 1 N–H and O–H groups in total. The van der Waals surface area contributed by atoms with Gasteiger partial charge in [0.25, 0.3) is 0 Å². The monoisotopic (exact) mass is 315 g/mol. The molecule has 1 aromatic rings. The zero-order valence-corrected chi connectivity index (χ0v) is 12.9. The van der Waals surface area contributed by atoms with E-state index in [1.807, 2.05) is 11.8 Å². The number of thioether (sulfide) groups is 1. The fraction of sp³-hybridized carbons (Fsp3) is 0.571. The van der Waals surface area contributed by atoms with Crippen LogP contribution in [0.2, 0.25) is 0 Å². The summed E-state index contributed by atoms with van der Waals surface area (Å²) in [6.07, 6.45) is 5.36. The molecule has 0 atom stereocenters. The van der Waals surface area contributed by atoms with Crippen LogP contribution in [0, 0.1) is 0 Å². The zero-order valence-electron chi connectivity index (χ0n) is 10.5. The number of unbranched alkanes of at least 4 members (excludes halogenated alkanes) is 3. The molecule has 1 nitrogen and oxygen atoms in total. The van der Waals surface area contributed by atoms with Gasteiger partial charge < -0.3 is 5.32 Å². The van der Waals surface area contributed by atoms with Crippen molar-refractivity contribution in [3.8, 4) is 0 Å². The van der Waals surface area contributed by atoms with Gasteiger partial charge in [0.15, 0.2) is 0 Å².